The Labute approximate surface area is 167 Å². The van der Waals surface area contributed by atoms with Crippen LogP contribution < -0.4 is 10.7 Å². The van der Waals surface area contributed by atoms with E-state index in [1.54, 1.807) is 6.92 Å². The van der Waals surface area contributed by atoms with E-state index in [0.29, 0.717) is 29.1 Å². The van der Waals surface area contributed by atoms with Crippen molar-refractivity contribution in [2.45, 2.75) is 31.6 Å². The predicted molar refractivity (Wildman–Crippen MR) is 110 cm³/mol. The molecule has 0 saturated heterocycles. The van der Waals surface area contributed by atoms with Gasteiger partial charge in [0.05, 0.1) is 27.5 Å². The summed E-state index contributed by atoms with van der Waals surface area (Å²) in [4.78, 5) is 17.5. The fraction of sp³-hybridized carbons (Fsp3) is 0.200. The molecule has 7 nitrogen and oxygen atoms in total. The normalized spacial score (nSPS) is 12.3. The number of aromatic nitrogens is 2. The minimum atomic E-state index is -3.78. The molecule has 0 fully saturated rings. The van der Waals surface area contributed by atoms with Crippen LogP contribution in [0, 0.1) is 5.82 Å². The van der Waals surface area contributed by atoms with E-state index < -0.39 is 10.0 Å². The Bertz CT molecular complexity index is 1210. The number of nitrogens with two attached hydrogens (primary N) is 1. The van der Waals surface area contributed by atoms with E-state index in [0.717, 1.165) is 12.1 Å². The lowest BCUT2D eigenvalue weighted by Gasteiger charge is -2.02. The first-order chi connectivity index (χ1) is 13.7. The van der Waals surface area contributed by atoms with E-state index in [2.05, 4.69) is 10.1 Å². The first-order valence-electron chi connectivity index (χ1n) is 8.99. The number of sulfonamides is 1. The van der Waals surface area contributed by atoms with Gasteiger partial charge in [0.2, 0.25) is 10.0 Å². The van der Waals surface area contributed by atoms with Crippen LogP contribution in [0.5, 0.6) is 0 Å². The third-order valence-corrected chi connectivity index (χ3v) is 5.30. The quantitative estimate of drug-likeness (QED) is 0.603. The lowest BCUT2D eigenvalue weighted by molar-refractivity contribution is 0.598. The van der Waals surface area contributed by atoms with Crippen molar-refractivity contribution in [2.24, 2.45) is 10.1 Å². The smallest absolute Gasteiger partial charge is 0.280 e. The molecule has 0 unspecified atom stereocenters. The minimum absolute atomic E-state index is 0.0129. The summed E-state index contributed by atoms with van der Waals surface area (Å²) in [7, 11) is -3.78. The van der Waals surface area contributed by atoms with Crippen molar-refractivity contribution >= 4 is 21.4 Å². The molecule has 9 heteroatoms. The number of aromatic amines is 1. The molecular weight excluding hydrogens is 395 g/mol. The molecule has 0 bridgehead atoms. The Morgan fingerprint density at radius 3 is 2.31 bits per heavy atom. The standard InChI is InChI=1S/C20H21FN4O3S/c1-3-4-18-19(20(26)25(24-18)16-9-5-14(21)6-10-16)13(2)23-15-7-11-17(12-8-15)29(22,27)28/h5-12,24H,3-4H2,1-2H3,(H2,22,27,28). The van der Waals surface area contributed by atoms with E-state index in [1.165, 1.54) is 53.2 Å². The highest BCUT2D eigenvalue weighted by atomic mass is 32.2. The molecule has 152 valence electrons. The zero-order valence-corrected chi connectivity index (χ0v) is 16.8. The summed E-state index contributed by atoms with van der Waals surface area (Å²) in [6.07, 6.45) is 1.45. The number of aryl methyl sites for hydroxylation is 1. The highest BCUT2D eigenvalue weighted by molar-refractivity contribution is 7.89. The van der Waals surface area contributed by atoms with Crippen molar-refractivity contribution < 1.29 is 12.8 Å². The van der Waals surface area contributed by atoms with Gasteiger partial charge in [-0.2, -0.15) is 0 Å². The average Bonchev–Trinajstić information content (AvgIpc) is 2.98. The second-order valence-electron chi connectivity index (χ2n) is 6.57. The number of primary sulfonamides is 1. The summed E-state index contributed by atoms with van der Waals surface area (Å²) in [5.41, 5.74) is 2.37. The van der Waals surface area contributed by atoms with Gasteiger partial charge in [0.1, 0.15) is 5.82 Å². The van der Waals surface area contributed by atoms with Gasteiger partial charge in [-0.05, 0) is 61.9 Å². The lowest BCUT2D eigenvalue weighted by atomic mass is 10.1. The number of halogens is 1. The molecule has 1 aromatic heterocycles. The molecule has 0 atom stereocenters. The molecule has 2 aromatic carbocycles. The molecule has 0 aliphatic carbocycles. The van der Waals surface area contributed by atoms with E-state index in [9.17, 15) is 17.6 Å². The molecule has 3 rings (SSSR count). The third kappa shape index (κ3) is 4.52. The maximum atomic E-state index is 13.2. The molecule has 0 amide bonds. The lowest BCUT2D eigenvalue weighted by Crippen LogP contribution is -2.19. The Balaban J connectivity index is 2.05. The van der Waals surface area contributed by atoms with E-state index >= 15 is 0 Å². The fourth-order valence-corrected chi connectivity index (χ4v) is 3.53. The highest BCUT2D eigenvalue weighted by Gasteiger charge is 2.17. The highest BCUT2D eigenvalue weighted by Crippen LogP contribution is 2.18. The maximum Gasteiger partial charge on any atom is 0.280 e. The second-order valence-corrected chi connectivity index (χ2v) is 8.13. The Morgan fingerprint density at radius 1 is 1.14 bits per heavy atom. The topological polar surface area (TPSA) is 110 Å². The van der Waals surface area contributed by atoms with Gasteiger partial charge in [-0.15, -0.1) is 0 Å². The minimum Gasteiger partial charge on any atom is -0.294 e. The molecule has 0 radical (unpaired) electrons. The fourth-order valence-electron chi connectivity index (χ4n) is 3.02. The van der Waals surface area contributed by atoms with Crippen molar-refractivity contribution in [1.82, 2.24) is 9.78 Å². The number of nitrogens with one attached hydrogen (secondary N) is 1. The van der Waals surface area contributed by atoms with Crippen molar-refractivity contribution in [3.63, 3.8) is 0 Å². The van der Waals surface area contributed by atoms with Crippen molar-refractivity contribution in [2.75, 3.05) is 0 Å². The molecule has 1 heterocycles. The van der Waals surface area contributed by atoms with Crippen LogP contribution in [-0.4, -0.2) is 23.9 Å². The summed E-state index contributed by atoms with van der Waals surface area (Å²) in [6, 6.07) is 11.4. The number of hydrogen-bond donors (Lipinski definition) is 2. The summed E-state index contributed by atoms with van der Waals surface area (Å²) in [5, 5.41) is 8.19. The molecule has 29 heavy (non-hydrogen) atoms. The second kappa shape index (κ2) is 8.14. The Kier molecular flexibility index (Phi) is 5.81. The van der Waals surface area contributed by atoms with Crippen LogP contribution >= 0.6 is 0 Å². The van der Waals surface area contributed by atoms with Crippen molar-refractivity contribution in [3.8, 4) is 5.69 Å². The average molecular weight is 416 g/mol. The van der Waals surface area contributed by atoms with Gasteiger partial charge in [-0.1, -0.05) is 13.3 Å². The molecule has 3 N–H and O–H groups in total. The zero-order chi connectivity index (χ0) is 21.2. The molecule has 0 spiro atoms. The van der Waals surface area contributed by atoms with Crippen molar-refractivity contribution in [1.29, 1.82) is 0 Å². The first kappa shape index (κ1) is 20.7. The van der Waals surface area contributed by atoms with Gasteiger partial charge in [0, 0.05) is 5.69 Å². The number of aliphatic imine (C=N–C) groups is 1. The number of H-pyrrole nitrogens is 1. The van der Waals surface area contributed by atoms with Crippen LogP contribution in [0.25, 0.3) is 5.69 Å². The molecule has 0 aliphatic rings. The molecule has 3 aromatic rings. The predicted octanol–water partition coefficient (Wildman–Crippen LogP) is 3.05. The van der Waals surface area contributed by atoms with E-state index in [-0.39, 0.29) is 16.3 Å². The van der Waals surface area contributed by atoms with E-state index in [1.807, 2.05) is 6.92 Å². The van der Waals surface area contributed by atoms with Crippen LogP contribution in [0.15, 0.2) is 63.2 Å². The van der Waals surface area contributed by atoms with E-state index in [4.69, 9.17) is 5.14 Å². The summed E-state index contributed by atoms with van der Waals surface area (Å²) in [5.74, 6) is -0.386. The van der Waals surface area contributed by atoms with Gasteiger partial charge in [-0.25, -0.2) is 22.6 Å². The van der Waals surface area contributed by atoms with Crippen LogP contribution in [0.1, 0.15) is 31.5 Å². The number of nitrogens with zero attached hydrogens (tertiary/aromatic N) is 2. The summed E-state index contributed by atoms with van der Waals surface area (Å²) in [6.45, 7) is 3.71. The monoisotopic (exact) mass is 416 g/mol. The van der Waals surface area contributed by atoms with Crippen LogP contribution in [0.3, 0.4) is 0 Å². The van der Waals surface area contributed by atoms with Crippen LogP contribution in [-0.2, 0) is 16.4 Å². The first-order valence-corrected chi connectivity index (χ1v) is 10.5. The Morgan fingerprint density at radius 2 is 1.76 bits per heavy atom. The molecular formula is C20H21FN4O3S. The van der Waals surface area contributed by atoms with Gasteiger partial charge in [0.15, 0.2) is 0 Å². The maximum absolute atomic E-state index is 13.2. The zero-order valence-electron chi connectivity index (χ0n) is 16.0. The SMILES string of the molecule is CCCc1[nH]n(-c2ccc(F)cc2)c(=O)c1C(C)=Nc1ccc(S(N)(=O)=O)cc1. The number of rotatable bonds is 6. The van der Waals surface area contributed by atoms with Gasteiger partial charge in [-0.3, -0.25) is 14.9 Å². The van der Waals surface area contributed by atoms with Gasteiger partial charge < -0.3 is 0 Å². The van der Waals surface area contributed by atoms with Crippen LogP contribution in [0.4, 0.5) is 10.1 Å². The third-order valence-electron chi connectivity index (χ3n) is 4.37. The van der Waals surface area contributed by atoms with Crippen LogP contribution in [0.2, 0.25) is 0 Å². The summed E-state index contributed by atoms with van der Waals surface area (Å²) < 4.78 is 37.3. The van der Waals surface area contributed by atoms with Crippen molar-refractivity contribution in [3.05, 3.63) is 76.0 Å². The van der Waals surface area contributed by atoms with Gasteiger partial charge >= 0.3 is 0 Å². The molecule has 0 saturated carbocycles. The number of benzene rings is 2. The van der Waals surface area contributed by atoms with Gasteiger partial charge in [0.25, 0.3) is 5.56 Å². The molecule has 0 aliphatic heterocycles. The summed E-state index contributed by atoms with van der Waals surface area (Å²) >= 11 is 0. The number of hydrogen-bond acceptors (Lipinski definition) is 4. The Hall–Kier alpha value is -3.04. The largest absolute Gasteiger partial charge is 0.294 e.